The zero-order chi connectivity index (χ0) is 11.4. The predicted molar refractivity (Wildman–Crippen MR) is 64.8 cm³/mol. The van der Waals surface area contributed by atoms with Gasteiger partial charge >= 0.3 is 0 Å². The second-order valence-corrected chi connectivity index (χ2v) is 3.84. The molecule has 2 heteroatoms. The number of allylic oxidation sites excluding steroid dienone is 1. The monoisotopic (exact) mass is 217 g/mol. The molecule has 0 saturated heterocycles. The largest absolute Gasteiger partial charge is 0.493 e. The van der Waals surface area contributed by atoms with E-state index in [-0.39, 0.29) is 0 Å². The molecule has 0 fully saturated rings. The molecule has 0 atom stereocenters. The molecule has 1 aliphatic carbocycles. The van der Waals surface area contributed by atoms with Gasteiger partial charge in [0.05, 0.1) is 13.7 Å². The fraction of sp³-hybridized carbons (Fsp3) is 0.429. The average Bonchev–Trinajstić information content (AvgIpc) is 2.53. The number of methoxy groups -OCH3 is 1. The van der Waals surface area contributed by atoms with E-state index in [2.05, 4.69) is 24.3 Å². The molecule has 0 aromatic heterocycles. The van der Waals surface area contributed by atoms with Gasteiger partial charge in [-0.15, -0.1) is 0 Å². The fourth-order valence-corrected chi connectivity index (χ4v) is 1.96. The van der Waals surface area contributed by atoms with E-state index in [1.54, 1.807) is 7.11 Å². The van der Waals surface area contributed by atoms with Crippen LogP contribution in [0.2, 0.25) is 0 Å². The second kappa shape index (κ2) is 5.06. The molecule has 1 aromatic carbocycles. The van der Waals surface area contributed by atoms with Crippen molar-refractivity contribution >= 4 is 6.08 Å². The lowest BCUT2D eigenvalue weighted by molar-refractivity contribution is 0.310. The third kappa shape index (κ3) is 2.21. The Labute approximate surface area is 96.9 Å². The summed E-state index contributed by atoms with van der Waals surface area (Å²) in [4.78, 5) is 0. The standard InChI is InChI=1S/C14H17O2/c1-3-16-14-10-12-8-6-4-5-7-11(12)9-13(14)15-2/h8-10H,3-5,7H2,1-2H3. The first-order valence-corrected chi connectivity index (χ1v) is 5.75. The second-order valence-electron chi connectivity index (χ2n) is 3.84. The van der Waals surface area contributed by atoms with Gasteiger partial charge in [0.2, 0.25) is 0 Å². The number of rotatable bonds is 3. The summed E-state index contributed by atoms with van der Waals surface area (Å²) in [5.74, 6) is 1.65. The van der Waals surface area contributed by atoms with Gasteiger partial charge < -0.3 is 9.47 Å². The zero-order valence-corrected chi connectivity index (χ0v) is 9.88. The molecule has 2 nitrogen and oxygen atoms in total. The van der Waals surface area contributed by atoms with Gasteiger partial charge in [-0.3, -0.25) is 0 Å². The summed E-state index contributed by atoms with van der Waals surface area (Å²) in [7, 11) is 1.68. The van der Waals surface area contributed by atoms with Crippen molar-refractivity contribution in [2.24, 2.45) is 0 Å². The normalized spacial score (nSPS) is 14.1. The predicted octanol–water partition coefficient (Wildman–Crippen LogP) is 3.25. The van der Waals surface area contributed by atoms with Crippen LogP contribution in [0.15, 0.2) is 12.1 Å². The highest BCUT2D eigenvalue weighted by Gasteiger charge is 2.11. The van der Waals surface area contributed by atoms with Crippen LogP contribution in [0.5, 0.6) is 11.5 Å². The first kappa shape index (κ1) is 11.1. The van der Waals surface area contributed by atoms with Crippen LogP contribution in [-0.2, 0) is 6.42 Å². The molecule has 0 spiro atoms. The van der Waals surface area contributed by atoms with Crippen LogP contribution in [0.4, 0.5) is 0 Å². The van der Waals surface area contributed by atoms with Gasteiger partial charge in [0, 0.05) is 0 Å². The molecular formula is C14H17O2. The third-order valence-corrected chi connectivity index (χ3v) is 2.75. The van der Waals surface area contributed by atoms with Crippen molar-refractivity contribution in [1.29, 1.82) is 0 Å². The molecule has 0 amide bonds. The maximum Gasteiger partial charge on any atom is 0.161 e. The number of hydrogen-bond acceptors (Lipinski definition) is 2. The smallest absolute Gasteiger partial charge is 0.161 e. The Balaban J connectivity index is 2.42. The van der Waals surface area contributed by atoms with Gasteiger partial charge in [0.1, 0.15) is 0 Å². The molecule has 16 heavy (non-hydrogen) atoms. The zero-order valence-electron chi connectivity index (χ0n) is 9.88. The molecule has 2 rings (SSSR count). The highest BCUT2D eigenvalue weighted by Crippen LogP contribution is 2.33. The van der Waals surface area contributed by atoms with Crippen LogP contribution >= 0.6 is 0 Å². The topological polar surface area (TPSA) is 18.5 Å². The van der Waals surface area contributed by atoms with Crippen molar-refractivity contribution in [3.63, 3.8) is 0 Å². The minimum atomic E-state index is 0.655. The maximum atomic E-state index is 5.56. The first-order chi connectivity index (χ1) is 7.85. The summed E-state index contributed by atoms with van der Waals surface area (Å²) in [6.07, 6.45) is 8.62. The Kier molecular flexibility index (Phi) is 3.50. The van der Waals surface area contributed by atoms with Gasteiger partial charge in [0.25, 0.3) is 0 Å². The Morgan fingerprint density at radius 1 is 1.31 bits per heavy atom. The Bertz CT molecular complexity index is 394. The number of benzene rings is 1. The molecule has 0 saturated carbocycles. The van der Waals surface area contributed by atoms with Crippen molar-refractivity contribution in [2.75, 3.05) is 13.7 Å². The summed E-state index contributed by atoms with van der Waals surface area (Å²) >= 11 is 0. The first-order valence-electron chi connectivity index (χ1n) is 5.75. The lowest BCUT2D eigenvalue weighted by Crippen LogP contribution is -1.98. The van der Waals surface area contributed by atoms with Crippen molar-refractivity contribution < 1.29 is 9.47 Å². The van der Waals surface area contributed by atoms with Gasteiger partial charge in [-0.1, -0.05) is 6.08 Å². The summed E-state index contributed by atoms with van der Waals surface area (Å²) < 4.78 is 10.9. The molecule has 85 valence electrons. The van der Waals surface area contributed by atoms with Crippen LogP contribution in [0, 0.1) is 6.08 Å². The average molecular weight is 217 g/mol. The third-order valence-electron chi connectivity index (χ3n) is 2.75. The highest BCUT2D eigenvalue weighted by atomic mass is 16.5. The van der Waals surface area contributed by atoms with Gasteiger partial charge in [-0.25, -0.2) is 0 Å². The molecule has 0 aliphatic heterocycles. The number of fused-ring (bicyclic) bond motifs is 1. The van der Waals surface area contributed by atoms with E-state index in [0.717, 1.165) is 30.8 Å². The fourth-order valence-electron chi connectivity index (χ4n) is 1.96. The quantitative estimate of drug-likeness (QED) is 0.773. The van der Waals surface area contributed by atoms with E-state index in [1.807, 2.05) is 6.92 Å². The van der Waals surface area contributed by atoms with Crippen LogP contribution < -0.4 is 9.47 Å². The van der Waals surface area contributed by atoms with E-state index >= 15 is 0 Å². The van der Waals surface area contributed by atoms with Crippen molar-refractivity contribution in [3.8, 4) is 11.5 Å². The maximum absolute atomic E-state index is 5.56. The minimum Gasteiger partial charge on any atom is -0.493 e. The van der Waals surface area contributed by atoms with E-state index < -0.39 is 0 Å². The molecule has 1 aliphatic rings. The minimum absolute atomic E-state index is 0.655. The highest BCUT2D eigenvalue weighted by molar-refractivity contribution is 5.60. The molecular weight excluding hydrogens is 200 g/mol. The molecule has 1 aromatic rings. The van der Waals surface area contributed by atoms with Crippen molar-refractivity contribution in [2.45, 2.75) is 26.2 Å². The van der Waals surface area contributed by atoms with Crippen molar-refractivity contribution in [3.05, 3.63) is 29.3 Å². The molecule has 1 radical (unpaired) electrons. The van der Waals surface area contributed by atoms with Gasteiger partial charge in [0.15, 0.2) is 11.5 Å². The Morgan fingerprint density at radius 2 is 2.19 bits per heavy atom. The lowest BCUT2D eigenvalue weighted by Gasteiger charge is -2.13. The molecule has 0 N–H and O–H groups in total. The van der Waals surface area contributed by atoms with E-state index in [4.69, 9.17) is 9.47 Å². The van der Waals surface area contributed by atoms with Gasteiger partial charge in [-0.05, 0) is 55.5 Å². The summed E-state index contributed by atoms with van der Waals surface area (Å²) in [6, 6.07) is 4.14. The van der Waals surface area contributed by atoms with E-state index in [9.17, 15) is 0 Å². The van der Waals surface area contributed by atoms with E-state index in [0.29, 0.717) is 6.61 Å². The summed E-state index contributed by atoms with van der Waals surface area (Å²) in [6.45, 7) is 2.63. The van der Waals surface area contributed by atoms with Crippen LogP contribution in [0.3, 0.4) is 0 Å². The number of aryl methyl sites for hydroxylation is 1. The SMILES string of the molecule is CCOc1cc2c(cc1OC)CCC[C]=C2. The number of ether oxygens (including phenoxy) is 2. The molecule has 0 heterocycles. The van der Waals surface area contributed by atoms with Crippen LogP contribution in [0.25, 0.3) is 6.08 Å². The molecule has 0 unspecified atom stereocenters. The molecule has 0 bridgehead atoms. The van der Waals surface area contributed by atoms with Crippen LogP contribution in [-0.4, -0.2) is 13.7 Å². The summed E-state index contributed by atoms with van der Waals surface area (Å²) in [5, 5.41) is 0. The number of hydrogen-bond donors (Lipinski definition) is 0. The van der Waals surface area contributed by atoms with Gasteiger partial charge in [-0.2, -0.15) is 0 Å². The van der Waals surface area contributed by atoms with Crippen LogP contribution in [0.1, 0.15) is 30.9 Å². The van der Waals surface area contributed by atoms with E-state index in [1.165, 1.54) is 11.1 Å². The summed E-state index contributed by atoms with van der Waals surface area (Å²) in [5.41, 5.74) is 2.53. The Morgan fingerprint density at radius 3 is 2.94 bits per heavy atom. The lowest BCUT2D eigenvalue weighted by atomic mass is 10.0. The Hall–Kier alpha value is -1.44. The van der Waals surface area contributed by atoms with Crippen molar-refractivity contribution in [1.82, 2.24) is 0 Å².